The van der Waals surface area contributed by atoms with E-state index in [0.717, 1.165) is 23.7 Å². The standard InChI is InChI=1S/C14H21BrN4O3/c1-13(2,3)22-12(21)17-14(5-4-6-14)7-11(20)18-19-9-10(15)8-16-19/h8-9H,4-7H2,1-3H3,(H,17,21)(H,18,20). The maximum atomic E-state index is 12.1. The third kappa shape index (κ3) is 4.72. The highest BCUT2D eigenvalue weighted by atomic mass is 79.9. The van der Waals surface area contributed by atoms with Gasteiger partial charge >= 0.3 is 6.09 Å². The van der Waals surface area contributed by atoms with Crippen LogP contribution in [0.15, 0.2) is 16.9 Å². The van der Waals surface area contributed by atoms with E-state index in [4.69, 9.17) is 4.74 Å². The molecular formula is C14H21BrN4O3. The zero-order chi connectivity index (χ0) is 16.4. The Morgan fingerprint density at radius 3 is 2.59 bits per heavy atom. The number of hydrogen-bond donors (Lipinski definition) is 2. The van der Waals surface area contributed by atoms with Gasteiger partial charge in [0.25, 0.3) is 0 Å². The van der Waals surface area contributed by atoms with Crippen molar-refractivity contribution in [1.82, 2.24) is 15.2 Å². The minimum absolute atomic E-state index is 0.198. The number of amides is 2. The summed E-state index contributed by atoms with van der Waals surface area (Å²) in [5, 5.41) is 6.81. The number of ether oxygens (including phenoxy) is 1. The molecule has 7 nitrogen and oxygen atoms in total. The first-order valence-corrected chi connectivity index (χ1v) is 7.98. The van der Waals surface area contributed by atoms with Gasteiger partial charge in [0.2, 0.25) is 5.91 Å². The van der Waals surface area contributed by atoms with Crippen LogP contribution in [0.3, 0.4) is 0 Å². The highest BCUT2D eigenvalue weighted by Gasteiger charge is 2.41. The molecule has 8 heteroatoms. The van der Waals surface area contributed by atoms with Gasteiger partial charge in [0.1, 0.15) is 5.60 Å². The molecule has 1 heterocycles. The van der Waals surface area contributed by atoms with Crippen molar-refractivity contribution >= 4 is 27.9 Å². The SMILES string of the molecule is CC(C)(C)OC(=O)NC1(CC(=O)Nn2cc(Br)cn2)CCC1. The van der Waals surface area contributed by atoms with Gasteiger partial charge in [0.05, 0.1) is 28.8 Å². The van der Waals surface area contributed by atoms with Gasteiger partial charge in [-0.05, 0) is 56.0 Å². The van der Waals surface area contributed by atoms with E-state index in [9.17, 15) is 9.59 Å². The van der Waals surface area contributed by atoms with E-state index in [0.29, 0.717) is 0 Å². The second-order valence-electron chi connectivity index (χ2n) is 6.58. The molecule has 1 aromatic heterocycles. The molecule has 0 radical (unpaired) electrons. The maximum absolute atomic E-state index is 12.1. The first kappa shape index (κ1) is 16.8. The molecule has 1 aliphatic rings. The monoisotopic (exact) mass is 372 g/mol. The topological polar surface area (TPSA) is 85.2 Å². The predicted molar refractivity (Wildman–Crippen MR) is 84.9 cm³/mol. The number of nitrogens with one attached hydrogen (secondary N) is 2. The van der Waals surface area contributed by atoms with Crippen molar-refractivity contribution in [3.05, 3.63) is 16.9 Å². The molecular weight excluding hydrogens is 352 g/mol. The third-order valence-electron chi connectivity index (χ3n) is 3.37. The van der Waals surface area contributed by atoms with E-state index < -0.39 is 17.2 Å². The Bertz CT molecular complexity index is 561. The second-order valence-corrected chi connectivity index (χ2v) is 7.49. The van der Waals surface area contributed by atoms with Gasteiger partial charge in [-0.1, -0.05) is 0 Å². The van der Waals surface area contributed by atoms with Gasteiger partial charge < -0.3 is 10.1 Å². The summed E-state index contributed by atoms with van der Waals surface area (Å²) in [7, 11) is 0. The number of carbonyl (C=O) groups excluding carboxylic acids is 2. The molecule has 1 fully saturated rings. The van der Waals surface area contributed by atoms with Crippen LogP contribution in [0.5, 0.6) is 0 Å². The van der Waals surface area contributed by atoms with Crippen LogP contribution >= 0.6 is 15.9 Å². The first-order chi connectivity index (χ1) is 10.2. The summed E-state index contributed by atoms with van der Waals surface area (Å²) in [5.41, 5.74) is 1.58. The second kappa shape index (κ2) is 6.28. The van der Waals surface area contributed by atoms with Crippen molar-refractivity contribution in [1.29, 1.82) is 0 Å². The number of aromatic nitrogens is 2. The maximum Gasteiger partial charge on any atom is 0.408 e. The van der Waals surface area contributed by atoms with E-state index in [1.54, 1.807) is 12.4 Å². The van der Waals surface area contributed by atoms with Crippen molar-refractivity contribution in [2.75, 3.05) is 5.43 Å². The fourth-order valence-electron chi connectivity index (χ4n) is 2.31. The lowest BCUT2D eigenvalue weighted by Crippen LogP contribution is -2.56. The van der Waals surface area contributed by atoms with E-state index in [1.165, 1.54) is 4.79 Å². The average Bonchev–Trinajstić information content (AvgIpc) is 2.69. The quantitative estimate of drug-likeness (QED) is 0.850. The lowest BCUT2D eigenvalue weighted by Gasteiger charge is -2.42. The smallest absolute Gasteiger partial charge is 0.408 e. The predicted octanol–water partition coefficient (Wildman–Crippen LogP) is 2.55. The van der Waals surface area contributed by atoms with Gasteiger partial charge in [-0.25, -0.2) is 10.2 Å². The molecule has 2 N–H and O–H groups in total. The number of alkyl carbamates (subject to hydrolysis) is 1. The van der Waals surface area contributed by atoms with Gasteiger partial charge in [-0.15, -0.1) is 0 Å². The number of hydrogen-bond acceptors (Lipinski definition) is 4. The summed E-state index contributed by atoms with van der Waals surface area (Å²) in [6.07, 6.45) is 5.46. The fraction of sp³-hybridized carbons (Fsp3) is 0.643. The summed E-state index contributed by atoms with van der Waals surface area (Å²) >= 11 is 3.26. The Kier molecular flexibility index (Phi) is 4.79. The number of carbonyl (C=O) groups is 2. The van der Waals surface area contributed by atoms with Crippen LogP contribution in [0.4, 0.5) is 4.79 Å². The summed E-state index contributed by atoms with van der Waals surface area (Å²) in [6, 6.07) is 0. The highest BCUT2D eigenvalue weighted by molar-refractivity contribution is 9.10. The molecule has 0 aliphatic heterocycles. The van der Waals surface area contributed by atoms with Crippen LogP contribution < -0.4 is 10.7 Å². The molecule has 0 spiro atoms. The molecule has 1 aliphatic carbocycles. The molecule has 0 bridgehead atoms. The Balaban J connectivity index is 1.90. The van der Waals surface area contributed by atoms with Crippen LogP contribution in [0, 0.1) is 0 Å². The van der Waals surface area contributed by atoms with Crippen LogP contribution in [0.1, 0.15) is 46.5 Å². The fourth-order valence-corrected chi connectivity index (χ4v) is 2.59. The Hall–Kier alpha value is -1.57. The van der Waals surface area contributed by atoms with Crippen LogP contribution in [0.2, 0.25) is 0 Å². The van der Waals surface area contributed by atoms with E-state index in [-0.39, 0.29) is 12.3 Å². The molecule has 2 amide bonds. The largest absolute Gasteiger partial charge is 0.444 e. The molecule has 2 rings (SSSR count). The van der Waals surface area contributed by atoms with Gasteiger partial charge in [-0.2, -0.15) is 9.89 Å². The molecule has 0 unspecified atom stereocenters. The van der Waals surface area contributed by atoms with Crippen LogP contribution in [-0.2, 0) is 9.53 Å². The summed E-state index contributed by atoms with van der Waals surface area (Å²) < 4.78 is 6.04. The van der Waals surface area contributed by atoms with Crippen molar-refractivity contribution in [3.8, 4) is 0 Å². The van der Waals surface area contributed by atoms with Crippen molar-refractivity contribution in [2.45, 2.75) is 57.6 Å². The first-order valence-electron chi connectivity index (χ1n) is 7.19. The zero-order valence-corrected chi connectivity index (χ0v) is 14.6. The van der Waals surface area contributed by atoms with Gasteiger partial charge in [0.15, 0.2) is 0 Å². The molecule has 22 heavy (non-hydrogen) atoms. The Labute approximate surface area is 137 Å². The molecule has 0 saturated heterocycles. The minimum atomic E-state index is -0.557. The highest BCUT2D eigenvalue weighted by Crippen LogP contribution is 2.35. The summed E-state index contributed by atoms with van der Waals surface area (Å²) in [6.45, 7) is 5.42. The van der Waals surface area contributed by atoms with E-state index >= 15 is 0 Å². The molecule has 0 aromatic carbocycles. The zero-order valence-electron chi connectivity index (χ0n) is 13.0. The van der Waals surface area contributed by atoms with Crippen molar-refractivity contribution in [3.63, 3.8) is 0 Å². The minimum Gasteiger partial charge on any atom is -0.444 e. The molecule has 1 saturated carbocycles. The van der Waals surface area contributed by atoms with Crippen LogP contribution in [0.25, 0.3) is 0 Å². The van der Waals surface area contributed by atoms with E-state index in [2.05, 4.69) is 31.8 Å². The third-order valence-corrected chi connectivity index (χ3v) is 3.78. The lowest BCUT2D eigenvalue weighted by atomic mass is 9.74. The normalized spacial score (nSPS) is 16.5. The summed E-state index contributed by atoms with van der Waals surface area (Å²) in [5.74, 6) is -0.202. The summed E-state index contributed by atoms with van der Waals surface area (Å²) in [4.78, 5) is 25.4. The molecule has 0 atom stereocenters. The van der Waals surface area contributed by atoms with E-state index in [1.807, 2.05) is 20.8 Å². The van der Waals surface area contributed by atoms with Gasteiger partial charge in [-0.3, -0.25) is 4.79 Å². The lowest BCUT2D eigenvalue weighted by molar-refractivity contribution is -0.119. The average molecular weight is 373 g/mol. The van der Waals surface area contributed by atoms with Crippen molar-refractivity contribution in [2.24, 2.45) is 0 Å². The number of rotatable bonds is 4. The van der Waals surface area contributed by atoms with Crippen molar-refractivity contribution < 1.29 is 14.3 Å². The number of halogens is 1. The van der Waals surface area contributed by atoms with Gasteiger partial charge in [0, 0.05) is 0 Å². The Morgan fingerprint density at radius 2 is 2.14 bits per heavy atom. The molecule has 1 aromatic rings. The van der Waals surface area contributed by atoms with Crippen LogP contribution in [-0.4, -0.2) is 33.0 Å². The number of nitrogens with zero attached hydrogens (tertiary/aromatic N) is 2. The molecule has 122 valence electrons. The Morgan fingerprint density at radius 1 is 1.45 bits per heavy atom.